The first kappa shape index (κ1) is 40.8. The lowest BCUT2D eigenvalue weighted by atomic mass is 10.1. The van der Waals surface area contributed by atoms with Crippen molar-refractivity contribution in [3.05, 3.63) is 48.6 Å². The maximum Gasteiger partial charge on any atom is 0.0664 e. The Balaban J connectivity index is 3.42. The van der Waals surface area contributed by atoms with Crippen molar-refractivity contribution in [2.75, 3.05) is 46.3 Å². The second kappa shape index (κ2) is 34.3. The number of unbranched alkanes of at least 4 members (excludes halogenated alkanes) is 12. The van der Waals surface area contributed by atoms with Crippen LogP contribution in [-0.2, 0) is 0 Å². The van der Waals surface area contributed by atoms with Crippen LogP contribution in [0.4, 0.5) is 0 Å². The Hall–Kier alpha value is -1.24. The number of nitrogens with zero attached hydrogens (tertiary/aromatic N) is 1. The van der Waals surface area contributed by atoms with Gasteiger partial charge in [0.25, 0.3) is 0 Å². The van der Waals surface area contributed by atoms with Gasteiger partial charge >= 0.3 is 0 Å². The Morgan fingerprint density at radius 1 is 0.524 bits per heavy atom. The van der Waals surface area contributed by atoms with Crippen LogP contribution in [0, 0.1) is 0 Å². The van der Waals surface area contributed by atoms with E-state index < -0.39 is 0 Å². The van der Waals surface area contributed by atoms with Crippen LogP contribution in [0.5, 0.6) is 0 Å². The lowest BCUT2D eigenvalue weighted by Gasteiger charge is -2.19. The van der Waals surface area contributed by atoms with Crippen LogP contribution in [0.15, 0.2) is 48.6 Å². The first-order chi connectivity index (χ1) is 20.6. The molecule has 0 aromatic carbocycles. The molecular formula is C37H71N3O2. The fraction of sp³-hybridized carbons (Fsp3) is 0.784. The smallest absolute Gasteiger partial charge is 0.0664 e. The summed E-state index contributed by atoms with van der Waals surface area (Å²) >= 11 is 0. The second-order valence-corrected chi connectivity index (χ2v) is 12.0. The van der Waals surface area contributed by atoms with Crippen molar-refractivity contribution in [3.8, 4) is 0 Å². The third kappa shape index (κ3) is 33.3. The average Bonchev–Trinajstić information content (AvgIpc) is 2.98. The number of hydrogen-bond donors (Lipinski definition) is 4. The van der Waals surface area contributed by atoms with Crippen LogP contribution in [0.3, 0.4) is 0 Å². The number of nitrogens with one attached hydrogen (secondary N) is 2. The summed E-state index contributed by atoms with van der Waals surface area (Å²) in [4.78, 5) is 2.30. The van der Waals surface area contributed by atoms with Crippen LogP contribution >= 0.6 is 0 Å². The Morgan fingerprint density at radius 3 is 1.31 bits per heavy atom. The van der Waals surface area contributed by atoms with E-state index in [2.05, 4.69) is 85.0 Å². The summed E-state index contributed by atoms with van der Waals surface area (Å²) < 4.78 is 0. The minimum atomic E-state index is -0.235. The van der Waals surface area contributed by atoms with Gasteiger partial charge in [0, 0.05) is 39.3 Å². The highest BCUT2D eigenvalue weighted by Gasteiger charge is 2.06. The monoisotopic (exact) mass is 590 g/mol. The molecule has 42 heavy (non-hydrogen) atoms. The van der Waals surface area contributed by atoms with Gasteiger partial charge in [0.1, 0.15) is 0 Å². The van der Waals surface area contributed by atoms with Crippen molar-refractivity contribution < 1.29 is 10.2 Å². The normalized spacial score (nSPS) is 14.0. The molecule has 0 aromatic rings. The molecule has 5 nitrogen and oxygen atoms in total. The Bertz CT molecular complexity index is 593. The molecular weight excluding hydrogens is 518 g/mol. The molecule has 2 atom stereocenters. The number of allylic oxidation sites excluding steroid dienone is 8. The number of aliphatic hydroxyl groups excluding tert-OH is 2. The third-order valence-electron chi connectivity index (χ3n) is 7.77. The minimum absolute atomic E-state index is 0.235. The van der Waals surface area contributed by atoms with Crippen molar-refractivity contribution in [2.45, 2.75) is 142 Å². The molecule has 0 saturated carbocycles. The molecule has 246 valence electrons. The topological polar surface area (TPSA) is 67.8 Å². The molecule has 0 aliphatic heterocycles. The maximum absolute atomic E-state index is 10.2. The Morgan fingerprint density at radius 2 is 0.905 bits per heavy atom. The van der Waals surface area contributed by atoms with E-state index in [0.717, 1.165) is 64.7 Å². The standard InChI is InChI=1S/C37H71N3O2/c1-4-6-8-10-12-14-16-18-20-22-24-26-28-36(41)34-38-30-32-40(3)33-31-39-35-37(42)29-27-25-23-21-19-17-15-13-11-9-7-5-2/h4-7,10-13,36-39,41-42H,8-9,14-35H2,1-3H3/b6-4-,7-5-,12-10-,13-11-. The molecule has 0 amide bonds. The molecule has 5 heteroatoms. The van der Waals surface area contributed by atoms with E-state index in [1.54, 1.807) is 0 Å². The van der Waals surface area contributed by atoms with Crippen LogP contribution in [0.2, 0.25) is 0 Å². The van der Waals surface area contributed by atoms with E-state index in [1.165, 1.54) is 77.0 Å². The van der Waals surface area contributed by atoms with E-state index >= 15 is 0 Å². The van der Waals surface area contributed by atoms with Gasteiger partial charge in [-0.1, -0.05) is 113 Å². The van der Waals surface area contributed by atoms with Gasteiger partial charge in [-0.05, 0) is 72.3 Å². The molecule has 0 aliphatic carbocycles. The van der Waals surface area contributed by atoms with Crippen molar-refractivity contribution in [3.63, 3.8) is 0 Å². The van der Waals surface area contributed by atoms with Gasteiger partial charge in [0.2, 0.25) is 0 Å². The zero-order chi connectivity index (χ0) is 30.8. The van der Waals surface area contributed by atoms with Crippen LogP contribution in [-0.4, -0.2) is 73.6 Å². The molecule has 0 aromatic heterocycles. The van der Waals surface area contributed by atoms with Gasteiger partial charge < -0.3 is 25.7 Å². The highest BCUT2D eigenvalue weighted by Crippen LogP contribution is 2.11. The molecule has 0 saturated heterocycles. The lowest BCUT2D eigenvalue weighted by Crippen LogP contribution is -2.38. The van der Waals surface area contributed by atoms with Crippen molar-refractivity contribution in [1.82, 2.24) is 15.5 Å². The number of hydrogen-bond acceptors (Lipinski definition) is 5. The molecule has 0 aliphatic rings. The molecule has 2 unspecified atom stereocenters. The second-order valence-electron chi connectivity index (χ2n) is 12.0. The van der Waals surface area contributed by atoms with E-state index in [0.29, 0.717) is 13.1 Å². The minimum Gasteiger partial charge on any atom is -0.392 e. The summed E-state index contributed by atoms with van der Waals surface area (Å²) in [6, 6.07) is 0. The summed E-state index contributed by atoms with van der Waals surface area (Å²) in [7, 11) is 2.14. The highest BCUT2D eigenvalue weighted by molar-refractivity contribution is 4.91. The quantitative estimate of drug-likeness (QED) is 0.0471. The first-order valence-corrected chi connectivity index (χ1v) is 17.6. The number of aliphatic hydroxyl groups is 2. The summed E-state index contributed by atoms with van der Waals surface area (Å²) in [5, 5.41) is 27.3. The zero-order valence-electron chi connectivity index (χ0n) is 28.1. The zero-order valence-corrected chi connectivity index (χ0v) is 28.1. The van der Waals surface area contributed by atoms with Crippen LogP contribution in [0.1, 0.15) is 129 Å². The maximum atomic E-state index is 10.2. The van der Waals surface area contributed by atoms with Crippen LogP contribution in [0.25, 0.3) is 0 Å². The van der Waals surface area contributed by atoms with Gasteiger partial charge in [-0.3, -0.25) is 0 Å². The molecule has 0 fully saturated rings. The molecule has 0 spiro atoms. The van der Waals surface area contributed by atoms with E-state index in [9.17, 15) is 10.2 Å². The Kier molecular flexibility index (Phi) is 33.2. The van der Waals surface area contributed by atoms with Gasteiger partial charge in [-0.25, -0.2) is 0 Å². The van der Waals surface area contributed by atoms with Crippen molar-refractivity contribution in [1.29, 1.82) is 0 Å². The van der Waals surface area contributed by atoms with Gasteiger partial charge in [-0.15, -0.1) is 0 Å². The summed E-state index contributed by atoms with van der Waals surface area (Å²) in [5.74, 6) is 0. The predicted octanol–water partition coefficient (Wildman–Crippen LogP) is 8.11. The average molecular weight is 590 g/mol. The fourth-order valence-electron chi connectivity index (χ4n) is 4.95. The molecule has 0 bridgehead atoms. The molecule has 0 radical (unpaired) electrons. The summed E-state index contributed by atoms with van der Waals surface area (Å²) in [5.41, 5.74) is 0. The largest absolute Gasteiger partial charge is 0.392 e. The van der Waals surface area contributed by atoms with E-state index in [4.69, 9.17) is 0 Å². The predicted molar refractivity (Wildman–Crippen MR) is 186 cm³/mol. The molecule has 0 rings (SSSR count). The molecule has 4 N–H and O–H groups in total. The lowest BCUT2D eigenvalue weighted by molar-refractivity contribution is 0.154. The Labute approximate surface area is 262 Å². The highest BCUT2D eigenvalue weighted by atomic mass is 16.3. The van der Waals surface area contributed by atoms with Crippen LogP contribution < -0.4 is 10.6 Å². The first-order valence-electron chi connectivity index (χ1n) is 17.6. The van der Waals surface area contributed by atoms with Gasteiger partial charge in [0.05, 0.1) is 12.2 Å². The molecule has 0 heterocycles. The third-order valence-corrected chi connectivity index (χ3v) is 7.77. The van der Waals surface area contributed by atoms with Gasteiger partial charge in [0.15, 0.2) is 0 Å². The number of rotatable bonds is 32. The fourth-order valence-corrected chi connectivity index (χ4v) is 4.95. The summed E-state index contributed by atoms with van der Waals surface area (Å²) in [6.07, 6.45) is 38.7. The SMILES string of the molecule is C/C=C\C/C=C\CCCCCCCCC(O)CNCCN(C)CCNCC(O)CCCCCCCC/C=C\C/C=C\C. The van der Waals surface area contributed by atoms with Gasteiger partial charge in [-0.2, -0.15) is 0 Å². The van der Waals surface area contributed by atoms with Crippen molar-refractivity contribution >= 4 is 0 Å². The van der Waals surface area contributed by atoms with E-state index in [-0.39, 0.29) is 12.2 Å². The van der Waals surface area contributed by atoms with Crippen molar-refractivity contribution in [2.24, 2.45) is 0 Å². The van der Waals surface area contributed by atoms with E-state index in [1.807, 2.05) is 0 Å². The summed E-state index contributed by atoms with van der Waals surface area (Å²) in [6.45, 7) is 9.23. The number of likely N-dealkylation sites (N-methyl/N-ethyl adjacent to an activating group) is 1.